The summed E-state index contributed by atoms with van der Waals surface area (Å²) in [7, 11) is 0. The van der Waals surface area contributed by atoms with Gasteiger partial charge in [-0.3, -0.25) is 14.5 Å². The molecule has 2 rings (SSSR count). The largest absolute Gasteiger partial charge is 0.477 e. The van der Waals surface area contributed by atoms with E-state index in [1.54, 1.807) is 11.5 Å². The number of aliphatic carboxylic acids is 1. The highest BCUT2D eigenvalue weighted by atomic mass is 32.2. The summed E-state index contributed by atoms with van der Waals surface area (Å²) in [4.78, 5) is 34.4. The molecule has 9 heteroatoms. The van der Waals surface area contributed by atoms with Gasteiger partial charge in [0.25, 0.3) is 0 Å². The van der Waals surface area contributed by atoms with E-state index in [1.165, 1.54) is 28.4 Å². The monoisotopic (exact) mass is 329 g/mol. The highest BCUT2D eigenvalue weighted by Crippen LogP contribution is 2.39. The molecule has 0 bridgehead atoms. The highest BCUT2D eigenvalue weighted by Gasteiger charge is 2.51. The summed E-state index contributed by atoms with van der Waals surface area (Å²) in [6.45, 7) is 0.541. The number of carboxylic acids is 1. The molecule has 2 aliphatic heterocycles. The number of amides is 2. The minimum Gasteiger partial charge on any atom is -0.477 e. The van der Waals surface area contributed by atoms with E-state index in [9.17, 15) is 19.5 Å². The number of thioether (sulfide) groups is 2. The molecule has 2 amide bonds. The summed E-state index contributed by atoms with van der Waals surface area (Å²) >= 11 is 2.92. The molecule has 0 aromatic rings. The zero-order chi connectivity index (χ0) is 15.4. The van der Waals surface area contributed by atoms with E-state index < -0.39 is 12.0 Å². The zero-order valence-electron chi connectivity index (χ0n) is 11.0. The lowest BCUT2D eigenvalue weighted by atomic mass is 10.0. The average molecular weight is 329 g/mol. The molecule has 2 atom stereocenters. The molecule has 4 N–H and O–H groups in total. The Kier molecular flexibility index (Phi) is 5.32. The lowest BCUT2D eigenvalue weighted by molar-refractivity contribution is -0.147. The molecule has 114 valence electrons. The standard InChI is InChI=1S/C12H15N3O4S2/c13-8-10(17)15-9(12(18)19)7(5-21-11(8)15)1-3-20-4-2-14-6-16/h1,3,6,8,11H,2,4-5,13H2,(H,14,16)(H,18,19)/t8-,11-/m1/s1. The van der Waals surface area contributed by atoms with Crippen molar-refractivity contribution in [1.29, 1.82) is 0 Å². The second-order valence-electron chi connectivity index (χ2n) is 4.36. The number of rotatable bonds is 7. The lowest BCUT2D eigenvalue weighted by Crippen LogP contribution is -2.68. The molecule has 0 radical (unpaired) electrons. The minimum atomic E-state index is -1.12. The summed E-state index contributed by atoms with van der Waals surface area (Å²) in [5, 5.41) is 13.4. The summed E-state index contributed by atoms with van der Waals surface area (Å²) in [5.41, 5.74) is 6.29. The number of carboxylic acid groups (broad SMARTS) is 1. The average Bonchev–Trinajstić information content (AvgIpc) is 2.48. The fourth-order valence-electron chi connectivity index (χ4n) is 2.04. The van der Waals surface area contributed by atoms with Crippen molar-refractivity contribution in [3.8, 4) is 0 Å². The van der Waals surface area contributed by atoms with Gasteiger partial charge in [0.05, 0.1) is 0 Å². The van der Waals surface area contributed by atoms with Gasteiger partial charge in [-0.25, -0.2) is 4.79 Å². The Bertz CT molecular complexity index is 521. The normalized spacial score (nSPS) is 24.8. The third-order valence-electron chi connectivity index (χ3n) is 3.05. The van der Waals surface area contributed by atoms with E-state index in [0.717, 1.165) is 0 Å². The highest BCUT2D eigenvalue weighted by molar-refractivity contribution is 8.02. The van der Waals surface area contributed by atoms with Crippen molar-refractivity contribution in [2.45, 2.75) is 11.4 Å². The van der Waals surface area contributed by atoms with Crippen LogP contribution in [0.15, 0.2) is 22.8 Å². The van der Waals surface area contributed by atoms with E-state index in [-0.39, 0.29) is 17.0 Å². The number of nitrogens with two attached hydrogens (primary N) is 1. The fourth-order valence-corrected chi connectivity index (χ4v) is 3.94. The van der Waals surface area contributed by atoms with Gasteiger partial charge in [0.1, 0.15) is 17.1 Å². The molecule has 0 aromatic heterocycles. The first-order valence-corrected chi connectivity index (χ1v) is 8.29. The van der Waals surface area contributed by atoms with Crippen LogP contribution in [0.2, 0.25) is 0 Å². The van der Waals surface area contributed by atoms with Crippen LogP contribution in [0.1, 0.15) is 0 Å². The molecular formula is C12H15N3O4S2. The molecule has 1 saturated heterocycles. The molecule has 1 fully saturated rings. The number of β-lactam (4-membered cyclic amide) rings is 1. The molecule has 7 nitrogen and oxygen atoms in total. The van der Waals surface area contributed by atoms with Gasteiger partial charge in [-0.05, 0) is 17.1 Å². The van der Waals surface area contributed by atoms with Gasteiger partial charge in [0, 0.05) is 18.1 Å². The summed E-state index contributed by atoms with van der Waals surface area (Å²) < 4.78 is 0. The molecular weight excluding hydrogens is 314 g/mol. The zero-order valence-corrected chi connectivity index (χ0v) is 12.7. The summed E-state index contributed by atoms with van der Waals surface area (Å²) in [5.74, 6) is -0.270. The van der Waals surface area contributed by atoms with Crippen LogP contribution in [0.3, 0.4) is 0 Å². The number of carbonyl (C=O) groups excluding carboxylic acids is 2. The van der Waals surface area contributed by atoms with Gasteiger partial charge in [0.15, 0.2) is 0 Å². The van der Waals surface area contributed by atoms with Crippen LogP contribution in [-0.2, 0) is 14.4 Å². The molecule has 2 aliphatic rings. The van der Waals surface area contributed by atoms with Crippen molar-refractivity contribution in [2.24, 2.45) is 5.73 Å². The van der Waals surface area contributed by atoms with Crippen LogP contribution in [-0.4, -0.2) is 57.8 Å². The van der Waals surface area contributed by atoms with E-state index in [4.69, 9.17) is 5.73 Å². The molecule has 2 heterocycles. The van der Waals surface area contributed by atoms with Gasteiger partial charge in [0.2, 0.25) is 12.3 Å². The number of nitrogens with zero attached hydrogens (tertiary/aromatic N) is 1. The van der Waals surface area contributed by atoms with E-state index in [2.05, 4.69) is 5.32 Å². The third kappa shape index (κ3) is 3.25. The van der Waals surface area contributed by atoms with Gasteiger partial charge in [-0.15, -0.1) is 23.5 Å². The number of hydrogen-bond acceptors (Lipinski definition) is 6. The smallest absolute Gasteiger partial charge is 0.352 e. The topological polar surface area (TPSA) is 113 Å². The Hall–Kier alpha value is -1.45. The second kappa shape index (κ2) is 7.01. The van der Waals surface area contributed by atoms with Crippen molar-refractivity contribution in [3.05, 3.63) is 22.8 Å². The van der Waals surface area contributed by atoms with Crippen LogP contribution in [0.5, 0.6) is 0 Å². The Balaban J connectivity index is 2.05. The second-order valence-corrected chi connectivity index (χ2v) is 6.48. The number of hydrogen-bond donors (Lipinski definition) is 3. The first-order chi connectivity index (χ1) is 10.1. The third-order valence-corrected chi connectivity index (χ3v) is 5.15. The Morgan fingerprint density at radius 3 is 3.05 bits per heavy atom. The first kappa shape index (κ1) is 15.9. The molecule has 0 saturated carbocycles. The number of carbonyl (C=O) groups is 3. The van der Waals surface area contributed by atoms with Crippen molar-refractivity contribution < 1.29 is 19.5 Å². The first-order valence-electron chi connectivity index (χ1n) is 6.19. The molecule has 0 unspecified atom stereocenters. The van der Waals surface area contributed by atoms with Gasteiger partial charge >= 0.3 is 5.97 Å². The van der Waals surface area contributed by atoms with Crippen LogP contribution in [0, 0.1) is 0 Å². The maximum absolute atomic E-state index is 11.7. The predicted molar refractivity (Wildman–Crippen MR) is 81.4 cm³/mol. The SMILES string of the molecule is N[C@@H]1C(=O)N2C(C(=O)O)=C(C=CSCCNC=O)CS[C@H]12. The van der Waals surface area contributed by atoms with Gasteiger partial charge < -0.3 is 16.2 Å². The van der Waals surface area contributed by atoms with E-state index in [0.29, 0.717) is 30.0 Å². The summed E-state index contributed by atoms with van der Waals surface area (Å²) in [6, 6.07) is -0.612. The van der Waals surface area contributed by atoms with E-state index >= 15 is 0 Å². The van der Waals surface area contributed by atoms with Crippen LogP contribution in [0.4, 0.5) is 0 Å². The number of fused-ring (bicyclic) bond motifs is 1. The lowest BCUT2D eigenvalue weighted by Gasteiger charge is -2.47. The van der Waals surface area contributed by atoms with Crippen molar-refractivity contribution in [3.63, 3.8) is 0 Å². The van der Waals surface area contributed by atoms with Crippen molar-refractivity contribution in [2.75, 3.05) is 18.1 Å². The van der Waals surface area contributed by atoms with Crippen LogP contribution < -0.4 is 11.1 Å². The predicted octanol–water partition coefficient (Wildman–Crippen LogP) is -0.440. The maximum atomic E-state index is 11.7. The molecule has 0 aliphatic carbocycles. The minimum absolute atomic E-state index is 0.0216. The van der Waals surface area contributed by atoms with E-state index in [1.807, 2.05) is 0 Å². The molecule has 0 spiro atoms. The Morgan fingerprint density at radius 1 is 1.62 bits per heavy atom. The molecule has 0 aromatic carbocycles. The van der Waals surface area contributed by atoms with Crippen molar-refractivity contribution >= 4 is 41.8 Å². The maximum Gasteiger partial charge on any atom is 0.352 e. The summed E-state index contributed by atoms with van der Waals surface area (Å²) in [6.07, 6.45) is 2.33. The number of allylic oxidation sites excluding steroid dienone is 1. The van der Waals surface area contributed by atoms with Gasteiger partial charge in [-0.1, -0.05) is 0 Å². The quantitative estimate of drug-likeness (QED) is 0.330. The van der Waals surface area contributed by atoms with Gasteiger partial charge in [-0.2, -0.15) is 0 Å². The molecule has 21 heavy (non-hydrogen) atoms. The fraction of sp³-hybridized carbons (Fsp3) is 0.417. The number of nitrogens with one attached hydrogen (secondary N) is 1. The Labute approximate surface area is 130 Å². The Morgan fingerprint density at radius 2 is 2.38 bits per heavy atom. The van der Waals surface area contributed by atoms with Crippen LogP contribution in [0.25, 0.3) is 0 Å². The van der Waals surface area contributed by atoms with Crippen LogP contribution >= 0.6 is 23.5 Å². The van der Waals surface area contributed by atoms with Crippen molar-refractivity contribution in [1.82, 2.24) is 10.2 Å².